The Morgan fingerprint density at radius 1 is 0.931 bits per heavy atom. The molecule has 0 bridgehead atoms. The number of carbonyl (C=O) groups is 1. The van der Waals surface area contributed by atoms with Gasteiger partial charge >= 0.3 is 0 Å². The highest BCUT2D eigenvalue weighted by atomic mass is 79.9. The minimum Gasteiger partial charge on any atom is -0.319 e. The Kier molecular flexibility index (Phi) is 5.67. The van der Waals surface area contributed by atoms with Crippen molar-refractivity contribution in [3.05, 3.63) is 93.1 Å². The minimum atomic E-state index is -0.439. The van der Waals surface area contributed by atoms with Gasteiger partial charge in [-0.15, -0.1) is 5.10 Å². The van der Waals surface area contributed by atoms with Crippen molar-refractivity contribution in [1.29, 1.82) is 0 Å². The summed E-state index contributed by atoms with van der Waals surface area (Å²) in [5.74, 6) is 0.0975. The number of aromatic nitrogens is 3. The SMILES string of the molecule is O=C(Nc1cccc(Cl)c1)c1nc(-c2cccc(Cl)c2)n(-c2ccc(Br)cc2)n1. The molecule has 0 fully saturated rings. The molecule has 4 aromatic rings. The van der Waals surface area contributed by atoms with Crippen molar-refractivity contribution in [1.82, 2.24) is 14.8 Å². The van der Waals surface area contributed by atoms with E-state index in [1.807, 2.05) is 36.4 Å². The van der Waals surface area contributed by atoms with Crippen LogP contribution in [0.25, 0.3) is 17.1 Å². The van der Waals surface area contributed by atoms with E-state index >= 15 is 0 Å². The smallest absolute Gasteiger partial charge is 0.295 e. The summed E-state index contributed by atoms with van der Waals surface area (Å²) < 4.78 is 2.55. The number of carbonyl (C=O) groups excluding carboxylic acids is 1. The molecule has 144 valence electrons. The topological polar surface area (TPSA) is 59.8 Å². The van der Waals surface area contributed by atoms with Crippen LogP contribution in [0.2, 0.25) is 10.0 Å². The van der Waals surface area contributed by atoms with Crippen LogP contribution in [0.3, 0.4) is 0 Å². The first-order valence-electron chi connectivity index (χ1n) is 8.55. The summed E-state index contributed by atoms with van der Waals surface area (Å²) in [6.07, 6.45) is 0. The zero-order valence-corrected chi connectivity index (χ0v) is 17.9. The molecule has 0 aliphatic heterocycles. The molecule has 0 atom stereocenters. The van der Waals surface area contributed by atoms with E-state index < -0.39 is 5.91 Å². The zero-order chi connectivity index (χ0) is 20.4. The van der Waals surface area contributed by atoms with Crippen LogP contribution in [0.5, 0.6) is 0 Å². The third-order valence-electron chi connectivity index (χ3n) is 4.05. The van der Waals surface area contributed by atoms with Gasteiger partial charge < -0.3 is 5.32 Å². The molecule has 8 heteroatoms. The highest BCUT2D eigenvalue weighted by Gasteiger charge is 2.19. The lowest BCUT2D eigenvalue weighted by Crippen LogP contribution is -2.14. The van der Waals surface area contributed by atoms with E-state index in [0.717, 1.165) is 15.7 Å². The average Bonchev–Trinajstić information content (AvgIpc) is 3.14. The van der Waals surface area contributed by atoms with Crippen molar-refractivity contribution >= 4 is 50.7 Å². The van der Waals surface area contributed by atoms with Crippen molar-refractivity contribution in [2.24, 2.45) is 0 Å². The predicted octanol–water partition coefficient (Wildman–Crippen LogP) is 6.26. The minimum absolute atomic E-state index is 0.0304. The summed E-state index contributed by atoms with van der Waals surface area (Å²) in [7, 11) is 0. The second-order valence-electron chi connectivity index (χ2n) is 6.12. The Morgan fingerprint density at radius 3 is 2.31 bits per heavy atom. The lowest BCUT2D eigenvalue weighted by atomic mass is 10.2. The molecule has 0 aliphatic carbocycles. The molecule has 0 radical (unpaired) electrons. The summed E-state index contributed by atoms with van der Waals surface area (Å²) >= 11 is 15.6. The third-order valence-corrected chi connectivity index (χ3v) is 5.05. The molecule has 1 aromatic heterocycles. The van der Waals surface area contributed by atoms with Crippen molar-refractivity contribution in [3.8, 4) is 17.1 Å². The largest absolute Gasteiger partial charge is 0.319 e. The molecule has 0 saturated heterocycles. The van der Waals surface area contributed by atoms with Crippen LogP contribution < -0.4 is 5.32 Å². The number of halogens is 3. The summed E-state index contributed by atoms with van der Waals surface area (Å²) in [5, 5.41) is 8.30. The number of nitrogens with zero attached hydrogens (tertiary/aromatic N) is 3. The molecule has 1 N–H and O–H groups in total. The molecular formula is C21H13BrCl2N4O. The van der Waals surface area contributed by atoms with E-state index in [1.165, 1.54) is 0 Å². The molecule has 4 rings (SSSR count). The second kappa shape index (κ2) is 8.37. The van der Waals surface area contributed by atoms with Gasteiger partial charge in [0.1, 0.15) is 0 Å². The fraction of sp³-hybridized carbons (Fsp3) is 0. The molecule has 1 heterocycles. The molecule has 0 unspecified atom stereocenters. The van der Waals surface area contributed by atoms with E-state index in [2.05, 4.69) is 31.3 Å². The number of rotatable bonds is 4. The maximum absolute atomic E-state index is 12.7. The molecule has 29 heavy (non-hydrogen) atoms. The van der Waals surface area contributed by atoms with Crippen LogP contribution in [0.15, 0.2) is 77.3 Å². The van der Waals surface area contributed by atoms with Gasteiger partial charge in [0, 0.05) is 25.8 Å². The number of amides is 1. The van der Waals surface area contributed by atoms with E-state index in [0.29, 0.717) is 21.6 Å². The van der Waals surface area contributed by atoms with E-state index in [9.17, 15) is 4.79 Å². The van der Waals surface area contributed by atoms with Crippen molar-refractivity contribution in [2.75, 3.05) is 5.32 Å². The van der Waals surface area contributed by atoms with Crippen LogP contribution in [0.4, 0.5) is 5.69 Å². The lowest BCUT2D eigenvalue weighted by molar-refractivity contribution is 0.101. The molecule has 3 aromatic carbocycles. The monoisotopic (exact) mass is 486 g/mol. The Morgan fingerprint density at radius 2 is 1.62 bits per heavy atom. The average molecular weight is 488 g/mol. The highest BCUT2D eigenvalue weighted by Crippen LogP contribution is 2.25. The fourth-order valence-electron chi connectivity index (χ4n) is 2.74. The Labute approximate surface area is 185 Å². The van der Waals surface area contributed by atoms with Gasteiger partial charge in [0.05, 0.1) is 5.69 Å². The van der Waals surface area contributed by atoms with Crippen LogP contribution in [-0.4, -0.2) is 20.7 Å². The van der Waals surface area contributed by atoms with Gasteiger partial charge in [-0.2, -0.15) is 0 Å². The first kappa shape index (κ1) is 19.6. The normalized spacial score (nSPS) is 10.7. The second-order valence-corrected chi connectivity index (χ2v) is 7.91. The van der Waals surface area contributed by atoms with Crippen LogP contribution in [0, 0.1) is 0 Å². The first-order valence-corrected chi connectivity index (χ1v) is 10.1. The Hall–Kier alpha value is -2.67. The van der Waals surface area contributed by atoms with E-state index in [1.54, 1.807) is 41.1 Å². The van der Waals surface area contributed by atoms with Gasteiger partial charge in [0.2, 0.25) is 5.82 Å². The van der Waals surface area contributed by atoms with Gasteiger partial charge in [0.15, 0.2) is 5.82 Å². The first-order chi connectivity index (χ1) is 14.0. The molecule has 0 aliphatic rings. The van der Waals surface area contributed by atoms with Crippen molar-refractivity contribution in [2.45, 2.75) is 0 Å². The summed E-state index contributed by atoms with van der Waals surface area (Å²) in [6.45, 7) is 0. The van der Waals surface area contributed by atoms with Crippen LogP contribution in [0.1, 0.15) is 10.6 Å². The number of hydrogen-bond donors (Lipinski definition) is 1. The molecule has 0 saturated carbocycles. The predicted molar refractivity (Wildman–Crippen MR) is 119 cm³/mol. The van der Waals surface area contributed by atoms with Crippen LogP contribution in [-0.2, 0) is 0 Å². The lowest BCUT2D eigenvalue weighted by Gasteiger charge is -2.06. The molecule has 5 nitrogen and oxygen atoms in total. The fourth-order valence-corrected chi connectivity index (χ4v) is 3.38. The molecule has 1 amide bonds. The Bertz CT molecular complexity index is 1190. The number of nitrogens with one attached hydrogen (secondary N) is 1. The van der Waals surface area contributed by atoms with Crippen molar-refractivity contribution in [3.63, 3.8) is 0 Å². The van der Waals surface area contributed by atoms with Crippen LogP contribution >= 0.6 is 39.1 Å². The van der Waals surface area contributed by atoms with Gasteiger partial charge in [0.25, 0.3) is 5.91 Å². The third kappa shape index (κ3) is 4.50. The zero-order valence-electron chi connectivity index (χ0n) is 14.8. The number of hydrogen-bond acceptors (Lipinski definition) is 3. The number of anilines is 1. The van der Waals surface area contributed by atoms with Gasteiger partial charge in [-0.05, 0) is 54.6 Å². The highest BCUT2D eigenvalue weighted by molar-refractivity contribution is 9.10. The van der Waals surface area contributed by atoms with Gasteiger partial charge in [-0.3, -0.25) is 4.79 Å². The standard InChI is InChI=1S/C21H13BrCl2N4O/c22-14-7-9-18(10-8-14)28-20(13-3-1-4-15(23)11-13)26-19(27-28)21(29)25-17-6-2-5-16(24)12-17/h1-12H,(H,25,29). The summed E-state index contributed by atoms with van der Waals surface area (Å²) in [6, 6.07) is 21.7. The van der Waals surface area contributed by atoms with Crippen molar-refractivity contribution < 1.29 is 4.79 Å². The van der Waals surface area contributed by atoms with E-state index in [-0.39, 0.29) is 5.82 Å². The Balaban J connectivity index is 1.76. The van der Waals surface area contributed by atoms with E-state index in [4.69, 9.17) is 23.2 Å². The maximum Gasteiger partial charge on any atom is 0.295 e. The quantitative estimate of drug-likeness (QED) is 0.369. The molecule has 0 spiro atoms. The van der Waals surface area contributed by atoms with Gasteiger partial charge in [-0.1, -0.05) is 57.3 Å². The van der Waals surface area contributed by atoms with Gasteiger partial charge in [-0.25, -0.2) is 9.67 Å². The number of benzene rings is 3. The summed E-state index contributed by atoms with van der Waals surface area (Å²) in [5.41, 5.74) is 2.07. The molecular weight excluding hydrogens is 475 g/mol. The summed E-state index contributed by atoms with van der Waals surface area (Å²) in [4.78, 5) is 17.2. The maximum atomic E-state index is 12.7.